The van der Waals surface area contributed by atoms with Gasteiger partial charge in [-0.15, -0.1) is 0 Å². The second kappa shape index (κ2) is 11.9. The van der Waals surface area contributed by atoms with Crippen molar-refractivity contribution >= 4 is 0 Å². The zero-order valence-corrected chi connectivity index (χ0v) is 17.2. The lowest BCUT2D eigenvalue weighted by atomic mass is 9.85. The first-order valence-electron chi connectivity index (χ1n) is 10.8. The summed E-state index contributed by atoms with van der Waals surface area (Å²) < 4.78 is 0. The van der Waals surface area contributed by atoms with E-state index in [4.69, 9.17) is 0 Å². The lowest BCUT2D eigenvalue weighted by Gasteiger charge is -2.20. The van der Waals surface area contributed by atoms with Crippen molar-refractivity contribution in [2.24, 2.45) is 5.92 Å². The summed E-state index contributed by atoms with van der Waals surface area (Å²) in [4.78, 5) is 0. The van der Waals surface area contributed by atoms with Crippen LogP contribution in [0.25, 0.3) is 0 Å². The second-order valence-electron chi connectivity index (χ2n) is 7.98. The van der Waals surface area contributed by atoms with Gasteiger partial charge in [-0.1, -0.05) is 114 Å². The van der Waals surface area contributed by atoms with Gasteiger partial charge in [0.2, 0.25) is 0 Å². The van der Waals surface area contributed by atoms with Gasteiger partial charge >= 0.3 is 0 Å². The molecule has 0 N–H and O–H groups in total. The quantitative estimate of drug-likeness (QED) is 0.337. The van der Waals surface area contributed by atoms with Gasteiger partial charge in [-0.05, 0) is 48.1 Å². The molecule has 3 unspecified atom stereocenters. The Morgan fingerprint density at radius 1 is 0.654 bits per heavy atom. The van der Waals surface area contributed by atoms with Gasteiger partial charge in [0.25, 0.3) is 0 Å². The van der Waals surface area contributed by atoms with Gasteiger partial charge in [-0.25, -0.2) is 0 Å². The normalized spacial score (nSPS) is 14.7. The highest BCUT2D eigenvalue weighted by molar-refractivity contribution is 5.19. The monoisotopic (exact) mass is 350 g/mol. The molecule has 2 rings (SSSR count). The van der Waals surface area contributed by atoms with Crippen molar-refractivity contribution in [1.29, 1.82) is 0 Å². The highest BCUT2D eigenvalue weighted by atomic mass is 14.2. The van der Waals surface area contributed by atoms with Gasteiger partial charge in [0, 0.05) is 0 Å². The summed E-state index contributed by atoms with van der Waals surface area (Å²) in [5.74, 6) is 2.31. The van der Waals surface area contributed by atoms with Crippen LogP contribution in [0, 0.1) is 5.92 Å². The third-order valence-electron chi connectivity index (χ3n) is 6.06. The summed E-state index contributed by atoms with van der Waals surface area (Å²) in [5.41, 5.74) is 3.03. The van der Waals surface area contributed by atoms with Gasteiger partial charge < -0.3 is 0 Å². The SMILES string of the molecule is CCC(CCCCCC(CC)c1ccccc1)CC(C)c1ccccc1. The molecule has 0 aliphatic heterocycles. The van der Waals surface area contributed by atoms with E-state index in [1.165, 1.54) is 62.5 Å². The van der Waals surface area contributed by atoms with E-state index in [9.17, 15) is 0 Å². The lowest BCUT2D eigenvalue weighted by Crippen LogP contribution is -2.05. The summed E-state index contributed by atoms with van der Waals surface area (Å²) >= 11 is 0. The zero-order valence-electron chi connectivity index (χ0n) is 17.2. The van der Waals surface area contributed by atoms with Crippen LogP contribution in [0.1, 0.15) is 95.1 Å². The molecule has 3 atom stereocenters. The molecular weight excluding hydrogens is 312 g/mol. The van der Waals surface area contributed by atoms with Crippen molar-refractivity contribution in [3.05, 3.63) is 71.8 Å². The summed E-state index contributed by atoms with van der Waals surface area (Å²) in [6.07, 6.45) is 10.8. The molecule has 0 heteroatoms. The molecule has 0 aliphatic rings. The molecule has 0 bridgehead atoms. The van der Waals surface area contributed by atoms with E-state index in [-0.39, 0.29) is 0 Å². The molecule has 0 saturated heterocycles. The van der Waals surface area contributed by atoms with Crippen LogP contribution in [0.5, 0.6) is 0 Å². The van der Waals surface area contributed by atoms with E-state index in [2.05, 4.69) is 81.4 Å². The molecule has 142 valence electrons. The molecule has 0 aromatic heterocycles. The van der Waals surface area contributed by atoms with E-state index in [1.54, 1.807) is 0 Å². The average molecular weight is 351 g/mol. The molecule has 2 aromatic rings. The average Bonchev–Trinajstić information content (AvgIpc) is 2.71. The van der Waals surface area contributed by atoms with Gasteiger partial charge in [0.1, 0.15) is 0 Å². The van der Waals surface area contributed by atoms with Gasteiger partial charge in [0.15, 0.2) is 0 Å². The largest absolute Gasteiger partial charge is 0.0651 e. The molecule has 0 spiro atoms. The van der Waals surface area contributed by atoms with Gasteiger partial charge in [0.05, 0.1) is 0 Å². The van der Waals surface area contributed by atoms with Crippen molar-refractivity contribution in [2.75, 3.05) is 0 Å². The molecule has 0 nitrogen and oxygen atoms in total. The highest BCUT2D eigenvalue weighted by Crippen LogP contribution is 2.29. The predicted molar refractivity (Wildman–Crippen MR) is 116 cm³/mol. The molecule has 0 heterocycles. The second-order valence-corrected chi connectivity index (χ2v) is 7.98. The van der Waals surface area contributed by atoms with Gasteiger partial charge in [-0.3, -0.25) is 0 Å². The smallest absolute Gasteiger partial charge is 0.0165 e. The fraction of sp³-hybridized carbons (Fsp3) is 0.538. The summed E-state index contributed by atoms with van der Waals surface area (Å²) in [5, 5.41) is 0. The number of rotatable bonds is 12. The van der Waals surface area contributed by atoms with Crippen LogP contribution >= 0.6 is 0 Å². The van der Waals surface area contributed by atoms with Crippen molar-refractivity contribution in [1.82, 2.24) is 0 Å². The third kappa shape index (κ3) is 6.98. The van der Waals surface area contributed by atoms with Crippen LogP contribution in [0.4, 0.5) is 0 Å². The first kappa shape index (κ1) is 20.7. The highest BCUT2D eigenvalue weighted by Gasteiger charge is 2.13. The standard InChI is InChI=1S/C26H38/c1-4-23(21-22(3)25-17-11-7-12-18-25)15-9-6-10-16-24(5-2)26-19-13-8-14-20-26/h7-8,11-14,17-20,22-24H,4-6,9-10,15-16,21H2,1-3H3. The number of hydrogen-bond acceptors (Lipinski definition) is 0. The maximum Gasteiger partial charge on any atom is -0.0165 e. The number of hydrogen-bond donors (Lipinski definition) is 0. The Labute approximate surface area is 162 Å². The summed E-state index contributed by atoms with van der Waals surface area (Å²) in [7, 11) is 0. The first-order chi connectivity index (χ1) is 12.7. The Morgan fingerprint density at radius 2 is 1.23 bits per heavy atom. The minimum Gasteiger partial charge on any atom is -0.0651 e. The molecule has 0 amide bonds. The van der Waals surface area contributed by atoms with E-state index >= 15 is 0 Å². The Bertz CT molecular complexity index is 572. The number of benzene rings is 2. The molecular formula is C26H38. The third-order valence-corrected chi connectivity index (χ3v) is 6.06. The molecule has 0 fully saturated rings. The predicted octanol–water partition coefficient (Wildman–Crippen LogP) is 8.35. The Balaban J connectivity index is 1.67. The van der Waals surface area contributed by atoms with Crippen LogP contribution in [-0.4, -0.2) is 0 Å². The first-order valence-corrected chi connectivity index (χ1v) is 10.8. The summed E-state index contributed by atoms with van der Waals surface area (Å²) in [6.45, 7) is 7.09. The fourth-order valence-corrected chi connectivity index (χ4v) is 4.24. The van der Waals surface area contributed by atoms with Crippen LogP contribution < -0.4 is 0 Å². The molecule has 26 heavy (non-hydrogen) atoms. The van der Waals surface area contributed by atoms with Crippen LogP contribution in [0.15, 0.2) is 60.7 Å². The zero-order chi connectivity index (χ0) is 18.6. The maximum atomic E-state index is 2.39. The molecule has 0 radical (unpaired) electrons. The van der Waals surface area contributed by atoms with Crippen molar-refractivity contribution in [3.8, 4) is 0 Å². The van der Waals surface area contributed by atoms with Gasteiger partial charge in [-0.2, -0.15) is 0 Å². The molecule has 2 aromatic carbocycles. The minimum absolute atomic E-state index is 0.684. The van der Waals surface area contributed by atoms with Crippen molar-refractivity contribution in [3.63, 3.8) is 0 Å². The maximum absolute atomic E-state index is 2.39. The van der Waals surface area contributed by atoms with Crippen molar-refractivity contribution < 1.29 is 0 Å². The van der Waals surface area contributed by atoms with Crippen molar-refractivity contribution in [2.45, 2.75) is 84.0 Å². The Morgan fingerprint density at radius 3 is 1.81 bits per heavy atom. The van der Waals surface area contributed by atoms with E-state index < -0.39 is 0 Å². The van der Waals surface area contributed by atoms with Crippen LogP contribution in [0.2, 0.25) is 0 Å². The fourth-order valence-electron chi connectivity index (χ4n) is 4.24. The van der Waals surface area contributed by atoms with E-state index in [0.717, 1.165) is 11.8 Å². The minimum atomic E-state index is 0.684. The molecule has 0 saturated carbocycles. The Kier molecular flexibility index (Phi) is 9.53. The van der Waals surface area contributed by atoms with E-state index in [1.807, 2.05) is 0 Å². The molecule has 0 aliphatic carbocycles. The Hall–Kier alpha value is -1.56. The summed E-state index contributed by atoms with van der Waals surface area (Å²) in [6, 6.07) is 22.1. The topological polar surface area (TPSA) is 0 Å². The number of unbranched alkanes of at least 4 members (excludes halogenated alkanes) is 2. The lowest BCUT2D eigenvalue weighted by molar-refractivity contribution is 0.386. The van der Waals surface area contributed by atoms with Crippen LogP contribution in [0.3, 0.4) is 0 Å². The van der Waals surface area contributed by atoms with E-state index in [0.29, 0.717) is 5.92 Å². The van der Waals surface area contributed by atoms with Crippen LogP contribution in [-0.2, 0) is 0 Å².